The molecule has 2 nitrogen and oxygen atoms in total. The van der Waals surface area contributed by atoms with Gasteiger partial charge in [-0.05, 0) is 29.7 Å². The van der Waals surface area contributed by atoms with Crippen LogP contribution < -0.4 is 0 Å². The summed E-state index contributed by atoms with van der Waals surface area (Å²) in [7, 11) is 0. The third-order valence-corrected chi connectivity index (χ3v) is 7.27. The van der Waals surface area contributed by atoms with E-state index in [1.165, 1.54) is 103 Å². The fraction of sp³-hybridized carbons (Fsp3) is 0.786. The lowest BCUT2D eigenvalue weighted by Crippen LogP contribution is -2.11. The highest BCUT2D eigenvalue weighted by Crippen LogP contribution is 2.39. The zero-order chi connectivity index (χ0) is 23.0. The molecule has 0 unspecified atom stereocenters. The van der Waals surface area contributed by atoms with Crippen molar-refractivity contribution in [3.8, 4) is 11.5 Å². The van der Waals surface area contributed by atoms with Gasteiger partial charge in [0.2, 0.25) is 0 Å². The molecule has 31 heavy (non-hydrogen) atoms. The summed E-state index contributed by atoms with van der Waals surface area (Å²) in [5.41, 5.74) is 0.635. The van der Waals surface area contributed by atoms with E-state index >= 15 is 0 Å². The second kappa shape index (κ2) is 16.8. The van der Waals surface area contributed by atoms with Gasteiger partial charge in [0.25, 0.3) is 0 Å². The van der Waals surface area contributed by atoms with Crippen LogP contribution in [0.15, 0.2) is 17.0 Å². The van der Waals surface area contributed by atoms with E-state index in [-0.39, 0.29) is 5.41 Å². The lowest BCUT2D eigenvalue weighted by Gasteiger charge is -2.21. The van der Waals surface area contributed by atoms with Crippen LogP contribution >= 0.6 is 11.8 Å². The molecule has 0 radical (unpaired) electrons. The van der Waals surface area contributed by atoms with Crippen LogP contribution in [0.25, 0.3) is 0 Å². The van der Waals surface area contributed by atoms with E-state index in [9.17, 15) is 10.2 Å². The van der Waals surface area contributed by atoms with Gasteiger partial charge in [0, 0.05) is 5.56 Å². The summed E-state index contributed by atoms with van der Waals surface area (Å²) in [6.07, 6.45) is 22.1. The van der Waals surface area contributed by atoms with Crippen LogP contribution in [0.2, 0.25) is 0 Å². The Morgan fingerprint density at radius 2 is 1.03 bits per heavy atom. The molecule has 3 heteroatoms. The molecule has 0 aromatic heterocycles. The molecule has 0 saturated carbocycles. The second-order valence-corrected chi connectivity index (χ2v) is 11.4. The predicted octanol–water partition coefficient (Wildman–Crippen LogP) is 9.75. The number of thioether (sulfide) groups is 1. The van der Waals surface area contributed by atoms with Crippen LogP contribution in [0.1, 0.15) is 136 Å². The van der Waals surface area contributed by atoms with Gasteiger partial charge in [-0.25, -0.2) is 0 Å². The van der Waals surface area contributed by atoms with E-state index in [1.54, 1.807) is 23.9 Å². The minimum Gasteiger partial charge on any atom is -0.508 e. The molecule has 0 amide bonds. The molecule has 0 heterocycles. The predicted molar refractivity (Wildman–Crippen MR) is 139 cm³/mol. The van der Waals surface area contributed by atoms with Gasteiger partial charge >= 0.3 is 0 Å². The minimum atomic E-state index is -0.168. The summed E-state index contributed by atoms with van der Waals surface area (Å²) in [5, 5.41) is 20.6. The Morgan fingerprint density at radius 1 is 0.613 bits per heavy atom. The number of benzene rings is 1. The molecule has 1 rings (SSSR count). The van der Waals surface area contributed by atoms with Crippen LogP contribution in [0, 0.1) is 0 Å². The quantitative estimate of drug-likeness (QED) is 0.133. The summed E-state index contributed by atoms with van der Waals surface area (Å²) in [5.74, 6) is 1.59. The molecule has 0 bridgehead atoms. The molecule has 1 aromatic carbocycles. The number of phenolic OH excluding ortho intramolecular Hbond substituents is 2. The Balaban J connectivity index is 1.96. The summed E-state index contributed by atoms with van der Waals surface area (Å²) in [4.78, 5) is 0.798. The zero-order valence-electron chi connectivity index (χ0n) is 21.0. The maximum absolute atomic E-state index is 10.3. The molecule has 0 saturated heterocycles. The van der Waals surface area contributed by atoms with Gasteiger partial charge in [0.05, 0.1) is 4.90 Å². The van der Waals surface area contributed by atoms with E-state index in [4.69, 9.17) is 0 Å². The number of aromatic hydroxyl groups is 2. The number of phenols is 2. The number of rotatable bonds is 18. The molecular formula is C28H50O2S. The number of unbranched alkanes of at least 4 members (excludes halogenated alkanes) is 15. The summed E-state index contributed by atoms with van der Waals surface area (Å²) in [6, 6.07) is 3.46. The molecule has 0 atom stereocenters. The Morgan fingerprint density at radius 3 is 1.45 bits per heavy atom. The minimum absolute atomic E-state index is 0.168. The topological polar surface area (TPSA) is 40.5 Å². The molecule has 0 fully saturated rings. The van der Waals surface area contributed by atoms with Crippen LogP contribution in [0.5, 0.6) is 11.5 Å². The molecule has 1 aromatic rings. The van der Waals surface area contributed by atoms with Crippen molar-refractivity contribution in [2.75, 3.05) is 5.75 Å². The molecule has 0 aliphatic heterocycles. The van der Waals surface area contributed by atoms with Gasteiger partial charge in [-0.1, -0.05) is 124 Å². The normalized spacial score (nSPS) is 11.9. The Kier molecular flexibility index (Phi) is 15.2. The van der Waals surface area contributed by atoms with E-state index in [0.29, 0.717) is 11.5 Å². The van der Waals surface area contributed by atoms with E-state index in [2.05, 4.69) is 6.92 Å². The first-order chi connectivity index (χ1) is 14.9. The largest absolute Gasteiger partial charge is 0.508 e. The van der Waals surface area contributed by atoms with Crippen molar-refractivity contribution in [1.82, 2.24) is 0 Å². The monoisotopic (exact) mass is 450 g/mol. The first-order valence-corrected chi connectivity index (χ1v) is 14.0. The van der Waals surface area contributed by atoms with Crippen molar-refractivity contribution in [3.05, 3.63) is 17.7 Å². The SMILES string of the molecule is CCCCCCCCCCCCCCCCCCSc1cc(O)c(C(C)(C)C)cc1O. The van der Waals surface area contributed by atoms with Gasteiger partial charge in [-0.2, -0.15) is 0 Å². The highest BCUT2D eigenvalue weighted by molar-refractivity contribution is 7.99. The van der Waals surface area contributed by atoms with Crippen molar-refractivity contribution in [2.24, 2.45) is 0 Å². The van der Waals surface area contributed by atoms with Crippen LogP contribution in [0.3, 0.4) is 0 Å². The average molecular weight is 451 g/mol. The summed E-state index contributed by atoms with van der Waals surface area (Å²) < 4.78 is 0. The molecule has 0 aliphatic rings. The van der Waals surface area contributed by atoms with Crippen molar-refractivity contribution in [1.29, 1.82) is 0 Å². The Labute approximate surface area is 197 Å². The summed E-state index contributed by atoms with van der Waals surface area (Å²) in [6.45, 7) is 8.42. The third kappa shape index (κ3) is 13.3. The number of hydrogen-bond acceptors (Lipinski definition) is 3. The van der Waals surface area contributed by atoms with Crippen molar-refractivity contribution in [2.45, 2.75) is 141 Å². The van der Waals surface area contributed by atoms with Crippen molar-refractivity contribution >= 4 is 11.8 Å². The van der Waals surface area contributed by atoms with Crippen molar-refractivity contribution < 1.29 is 10.2 Å². The summed E-state index contributed by atoms with van der Waals surface area (Å²) >= 11 is 1.66. The first kappa shape index (κ1) is 28.2. The third-order valence-electron chi connectivity index (χ3n) is 6.14. The van der Waals surface area contributed by atoms with Crippen LogP contribution in [-0.4, -0.2) is 16.0 Å². The maximum atomic E-state index is 10.3. The van der Waals surface area contributed by atoms with Gasteiger partial charge in [0.1, 0.15) is 11.5 Å². The molecule has 2 N–H and O–H groups in total. The van der Waals surface area contributed by atoms with Gasteiger partial charge in [-0.15, -0.1) is 11.8 Å². The molecule has 180 valence electrons. The molecule has 0 aliphatic carbocycles. The fourth-order valence-corrected chi connectivity index (χ4v) is 5.08. The molecular weight excluding hydrogens is 400 g/mol. The highest BCUT2D eigenvalue weighted by atomic mass is 32.2. The lowest BCUT2D eigenvalue weighted by atomic mass is 9.86. The Hall–Kier alpha value is -0.830. The average Bonchev–Trinajstić information content (AvgIpc) is 2.71. The van der Waals surface area contributed by atoms with E-state index in [0.717, 1.165) is 16.2 Å². The highest BCUT2D eigenvalue weighted by Gasteiger charge is 2.20. The van der Waals surface area contributed by atoms with Gasteiger partial charge in [-0.3, -0.25) is 0 Å². The Bertz CT molecular complexity index is 577. The van der Waals surface area contributed by atoms with Gasteiger partial charge < -0.3 is 10.2 Å². The number of hydrogen-bond donors (Lipinski definition) is 2. The lowest BCUT2D eigenvalue weighted by molar-refractivity contribution is 0.427. The first-order valence-electron chi connectivity index (χ1n) is 13.1. The smallest absolute Gasteiger partial charge is 0.129 e. The maximum Gasteiger partial charge on any atom is 0.129 e. The van der Waals surface area contributed by atoms with Crippen molar-refractivity contribution in [3.63, 3.8) is 0 Å². The van der Waals surface area contributed by atoms with Crippen LogP contribution in [-0.2, 0) is 5.41 Å². The zero-order valence-corrected chi connectivity index (χ0v) is 21.8. The van der Waals surface area contributed by atoms with E-state index in [1.807, 2.05) is 20.8 Å². The van der Waals surface area contributed by atoms with E-state index < -0.39 is 0 Å². The van der Waals surface area contributed by atoms with Gasteiger partial charge in [0.15, 0.2) is 0 Å². The standard InChI is InChI=1S/C28H50O2S/c1-5-6-7-8-9-10-11-12-13-14-15-16-17-18-19-20-21-31-27-23-25(29)24(22-26(27)30)28(2,3)4/h22-23,29-30H,5-21H2,1-4H3. The second-order valence-electron chi connectivity index (χ2n) is 10.2. The van der Waals surface area contributed by atoms with Crippen LogP contribution in [0.4, 0.5) is 0 Å². The molecule has 0 spiro atoms. The fourth-order valence-electron chi connectivity index (χ4n) is 4.11.